The molecule has 80 valence electrons. The summed E-state index contributed by atoms with van der Waals surface area (Å²) in [6.07, 6.45) is 3.61. The Labute approximate surface area is 84.1 Å². The van der Waals surface area contributed by atoms with Crippen LogP contribution in [0.25, 0.3) is 0 Å². The third kappa shape index (κ3) is 1.39. The van der Waals surface area contributed by atoms with E-state index in [9.17, 15) is 10.0 Å². The van der Waals surface area contributed by atoms with E-state index in [-0.39, 0.29) is 5.92 Å². The number of carbonyl (C=O) groups is 1. The van der Waals surface area contributed by atoms with Gasteiger partial charge in [-0.25, -0.2) is 4.79 Å². The van der Waals surface area contributed by atoms with Crippen LogP contribution in [0.5, 0.6) is 0 Å². The Bertz CT molecular complexity index is 238. The van der Waals surface area contributed by atoms with E-state index in [1.807, 2.05) is 13.8 Å². The SMILES string of the molecule is CCOC(=O)C1(CC)C(C)C=CN1[O-]. The molecule has 0 aliphatic carbocycles. The molecule has 0 aromatic carbocycles. The number of carbonyl (C=O) groups excluding carboxylic acids is 1. The van der Waals surface area contributed by atoms with Crippen LogP contribution < -0.4 is 0 Å². The van der Waals surface area contributed by atoms with Crippen LogP contribution in [0.15, 0.2) is 12.3 Å². The van der Waals surface area contributed by atoms with Crippen molar-refractivity contribution in [2.75, 3.05) is 6.61 Å². The van der Waals surface area contributed by atoms with Gasteiger partial charge in [0.1, 0.15) is 5.54 Å². The average Bonchev–Trinajstić information content (AvgIpc) is 2.44. The Morgan fingerprint density at radius 3 is 2.64 bits per heavy atom. The Kier molecular flexibility index (Phi) is 3.16. The summed E-state index contributed by atoms with van der Waals surface area (Å²) in [5.74, 6) is -0.515. The number of hydrogen-bond acceptors (Lipinski definition) is 4. The lowest BCUT2D eigenvalue weighted by molar-refractivity contribution is -0.156. The first-order valence-electron chi connectivity index (χ1n) is 4.91. The largest absolute Gasteiger partial charge is 0.758 e. The van der Waals surface area contributed by atoms with Crippen molar-refractivity contribution < 1.29 is 9.53 Å². The highest BCUT2D eigenvalue weighted by Crippen LogP contribution is 2.35. The molecule has 1 rings (SSSR count). The average molecular weight is 198 g/mol. The van der Waals surface area contributed by atoms with E-state index < -0.39 is 11.5 Å². The van der Waals surface area contributed by atoms with Gasteiger partial charge < -0.3 is 15.0 Å². The summed E-state index contributed by atoms with van der Waals surface area (Å²) in [4.78, 5) is 11.7. The van der Waals surface area contributed by atoms with Gasteiger partial charge in [-0.15, -0.1) is 0 Å². The van der Waals surface area contributed by atoms with Crippen molar-refractivity contribution in [2.45, 2.75) is 32.7 Å². The third-order valence-corrected chi connectivity index (χ3v) is 2.82. The lowest BCUT2D eigenvalue weighted by atomic mass is 9.85. The van der Waals surface area contributed by atoms with Crippen molar-refractivity contribution in [3.8, 4) is 0 Å². The van der Waals surface area contributed by atoms with Gasteiger partial charge in [0.25, 0.3) is 0 Å². The van der Waals surface area contributed by atoms with Crippen LogP contribution >= 0.6 is 0 Å². The fourth-order valence-corrected chi connectivity index (χ4v) is 1.85. The molecule has 2 unspecified atom stereocenters. The Morgan fingerprint density at radius 1 is 1.64 bits per heavy atom. The minimum Gasteiger partial charge on any atom is -0.758 e. The zero-order valence-corrected chi connectivity index (χ0v) is 8.82. The van der Waals surface area contributed by atoms with E-state index in [4.69, 9.17) is 4.74 Å². The first kappa shape index (κ1) is 11.0. The predicted octanol–water partition coefficient (Wildman–Crippen LogP) is 1.66. The molecule has 2 atom stereocenters. The molecular weight excluding hydrogens is 182 g/mol. The molecule has 0 spiro atoms. The van der Waals surface area contributed by atoms with Gasteiger partial charge in [0.2, 0.25) is 0 Å². The zero-order chi connectivity index (χ0) is 10.8. The van der Waals surface area contributed by atoms with Crippen LogP contribution in [0.1, 0.15) is 27.2 Å². The predicted molar refractivity (Wildman–Crippen MR) is 53.2 cm³/mol. The van der Waals surface area contributed by atoms with Crippen molar-refractivity contribution >= 4 is 5.97 Å². The van der Waals surface area contributed by atoms with Crippen molar-refractivity contribution in [3.63, 3.8) is 0 Å². The number of esters is 1. The zero-order valence-electron chi connectivity index (χ0n) is 8.82. The molecule has 4 nitrogen and oxygen atoms in total. The lowest BCUT2D eigenvalue weighted by Crippen LogP contribution is -2.51. The molecule has 1 aliphatic rings. The Hall–Kier alpha value is -1.03. The van der Waals surface area contributed by atoms with Crippen molar-refractivity contribution in [2.24, 2.45) is 5.92 Å². The number of ether oxygens (including phenoxy) is 1. The number of hydroxylamine groups is 2. The van der Waals surface area contributed by atoms with Crippen LogP contribution in [-0.4, -0.2) is 23.2 Å². The van der Waals surface area contributed by atoms with Gasteiger partial charge in [0, 0.05) is 5.92 Å². The maximum Gasteiger partial charge on any atom is 0.331 e. The van der Waals surface area contributed by atoms with E-state index in [2.05, 4.69) is 0 Å². The van der Waals surface area contributed by atoms with Crippen LogP contribution in [0.4, 0.5) is 0 Å². The quantitative estimate of drug-likeness (QED) is 0.647. The standard InChI is InChI=1S/C10H16NO3/c1-4-10(9(12)14-5-2)8(3)6-7-11(10)13/h6-8H,4-5H2,1-3H3/q-1. The first-order valence-corrected chi connectivity index (χ1v) is 4.91. The number of nitrogens with zero attached hydrogens (tertiary/aromatic N) is 1. The molecule has 14 heavy (non-hydrogen) atoms. The summed E-state index contributed by atoms with van der Waals surface area (Å²) in [5, 5.41) is 12.3. The summed E-state index contributed by atoms with van der Waals surface area (Å²) >= 11 is 0. The summed E-state index contributed by atoms with van der Waals surface area (Å²) in [6, 6.07) is 0. The highest BCUT2D eigenvalue weighted by molar-refractivity contribution is 5.82. The summed E-state index contributed by atoms with van der Waals surface area (Å²) in [5.41, 5.74) is -1.03. The van der Waals surface area contributed by atoms with Gasteiger partial charge in [0.05, 0.1) is 6.61 Å². The van der Waals surface area contributed by atoms with E-state index >= 15 is 0 Å². The van der Waals surface area contributed by atoms with E-state index in [0.717, 1.165) is 5.06 Å². The van der Waals surface area contributed by atoms with Crippen LogP contribution in [-0.2, 0) is 9.53 Å². The first-order chi connectivity index (χ1) is 6.59. The second-order valence-corrected chi connectivity index (χ2v) is 3.45. The van der Waals surface area contributed by atoms with Gasteiger partial charge >= 0.3 is 5.97 Å². The van der Waals surface area contributed by atoms with Gasteiger partial charge in [-0.1, -0.05) is 19.9 Å². The van der Waals surface area contributed by atoms with Crippen molar-refractivity contribution in [3.05, 3.63) is 17.5 Å². The number of rotatable bonds is 3. The molecule has 0 amide bonds. The monoisotopic (exact) mass is 198 g/mol. The summed E-state index contributed by atoms with van der Waals surface area (Å²) < 4.78 is 4.94. The molecule has 0 saturated heterocycles. The van der Waals surface area contributed by atoms with E-state index in [1.165, 1.54) is 6.20 Å². The molecule has 0 aromatic heterocycles. The molecule has 0 radical (unpaired) electrons. The highest BCUT2D eigenvalue weighted by atomic mass is 16.6. The molecule has 4 heteroatoms. The van der Waals surface area contributed by atoms with Gasteiger partial charge in [-0.2, -0.15) is 0 Å². The molecule has 1 aliphatic heterocycles. The maximum atomic E-state index is 11.7. The Balaban J connectivity index is 2.91. The van der Waals surface area contributed by atoms with E-state index in [0.29, 0.717) is 13.0 Å². The second kappa shape index (κ2) is 4.00. The van der Waals surface area contributed by atoms with Crippen molar-refractivity contribution in [1.29, 1.82) is 0 Å². The smallest absolute Gasteiger partial charge is 0.331 e. The van der Waals surface area contributed by atoms with Gasteiger partial charge in [-0.05, 0) is 19.5 Å². The van der Waals surface area contributed by atoms with Crippen LogP contribution in [0, 0.1) is 11.1 Å². The van der Waals surface area contributed by atoms with E-state index in [1.54, 1.807) is 13.0 Å². The van der Waals surface area contributed by atoms with Crippen LogP contribution in [0.3, 0.4) is 0 Å². The third-order valence-electron chi connectivity index (χ3n) is 2.82. The molecular formula is C10H16NO3-. The molecule has 0 bridgehead atoms. The summed E-state index contributed by atoms with van der Waals surface area (Å²) in [6.45, 7) is 5.73. The Morgan fingerprint density at radius 2 is 2.29 bits per heavy atom. The molecule has 1 heterocycles. The van der Waals surface area contributed by atoms with Gasteiger partial charge in [-0.3, -0.25) is 0 Å². The normalized spacial score (nSPS) is 30.9. The van der Waals surface area contributed by atoms with Crippen molar-refractivity contribution in [1.82, 2.24) is 5.06 Å². The minimum atomic E-state index is -1.03. The molecule has 0 saturated carbocycles. The topological polar surface area (TPSA) is 52.6 Å². The number of hydrogen-bond donors (Lipinski definition) is 0. The highest BCUT2D eigenvalue weighted by Gasteiger charge is 2.45. The fourth-order valence-electron chi connectivity index (χ4n) is 1.85. The lowest BCUT2D eigenvalue weighted by Gasteiger charge is -2.43. The fraction of sp³-hybridized carbons (Fsp3) is 0.700. The van der Waals surface area contributed by atoms with Crippen LogP contribution in [0.2, 0.25) is 0 Å². The maximum absolute atomic E-state index is 11.7. The molecule has 0 N–H and O–H groups in total. The molecule has 0 aromatic rings. The minimum absolute atomic E-state index is 0.0935. The summed E-state index contributed by atoms with van der Waals surface area (Å²) in [7, 11) is 0. The van der Waals surface area contributed by atoms with Gasteiger partial charge in [0.15, 0.2) is 0 Å². The second-order valence-electron chi connectivity index (χ2n) is 3.45. The molecule has 0 fully saturated rings.